The minimum absolute atomic E-state index is 0.655. The van der Waals surface area contributed by atoms with E-state index in [1.54, 1.807) is 11.3 Å². The maximum atomic E-state index is 9.59. The molecule has 6 aromatic carbocycles. The number of benzene rings is 6. The predicted molar refractivity (Wildman–Crippen MR) is 179 cm³/mol. The van der Waals surface area contributed by atoms with Gasteiger partial charge in [-0.15, -0.1) is 11.3 Å². The molecular weight excluding hydrogens is 545 g/mol. The van der Waals surface area contributed by atoms with Crippen molar-refractivity contribution >= 4 is 80.8 Å². The van der Waals surface area contributed by atoms with E-state index in [-0.39, 0.29) is 0 Å². The molecular formula is C38H20N4S. The van der Waals surface area contributed by atoms with Crippen molar-refractivity contribution < 1.29 is 0 Å². The highest BCUT2D eigenvalue weighted by molar-refractivity contribution is 7.26. The lowest BCUT2D eigenvalue weighted by atomic mass is 10.1. The molecule has 9 aromatic rings. The quantitative estimate of drug-likeness (QED) is 0.192. The largest absolute Gasteiger partial charge is 0.309 e. The molecule has 0 aliphatic rings. The Bertz CT molecular complexity index is 2710. The molecule has 4 nitrogen and oxygen atoms in total. The Morgan fingerprint density at radius 2 is 1.28 bits per heavy atom. The van der Waals surface area contributed by atoms with Crippen LogP contribution in [-0.4, -0.2) is 9.13 Å². The predicted octanol–water partition coefficient (Wildman–Crippen LogP) is 10.7. The highest BCUT2D eigenvalue weighted by Gasteiger charge is 2.20. The molecule has 9 rings (SSSR count). The van der Waals surface area contributed by atoms with Crippen molar-refractivity contribution in [1.29, 1.82) is 5.26 Å². The van der Waals surface area contributed by atoms with Gasteiger partial charge in [0.05, 0.1) is 40.3 Å². The molecule has 5 heteroatoms. The number of fused-ring (bicyclic) bond motifs is 10. The number of para-hydroxylation sites is 2. The third-order valence-corrected chi connectivity index (χ3v) is 9.74. The molecule has 0 aliphatic carbocycles. The molecule has 0 radical (unpaired) electrons. The molecule has 0 amide bonds. The standard InChI is InChI=1S/C38H20N4S/c1-40-31-13-7-12-29-36-35(43-38(29)31)19-17-28-26-10-2-5-15-33(26)42(37(28)36)25-9-6-8-24(21-25)41-32-14-4-3-11-27(32)30-20-23(22-39)16-18-34(30)41/h2-21H. The summed E-state index contributed by atoms with van der Waals surface area (Å²) in [6, 6.07) is 44.4. The van der Waals surface area contributed by atoms with Gasteiger partial charge in [0.2, 0.25) is 5.69 Å². The number of thiophene rings is 1. The zero-order valence-corrected chi connectivity index (χ0v) is 23.6. The first-order valence-corrected chi connectivity index (χ1v) is 14.9. The van der Waals surface area contributed by atoms with Gasteiger partial charge in [0, 0.05) is 47.7 Å². The minimum atomic E-state index is 0.655. The van der Waals surface area contributed by atoms with Crippen LogP contribution in [0.3, 0.4) is 0 Å². The lowest BCUT2D eigenvalue weighted by Gasteiger charge is -2.13. The molecule has 0 aliphatic heterocycles. The van der Waals surface area contributed by atoms with Crippen LogP contribution in [0.4, 0.5) is 5.69 Å². The average Bonchev–Trinajstić information content (AvgIpc) is 3.72. The van der Waals surface area contributed by atoms with Crippen molar-refractivity contribution in [2.24, 2.45) is 0 Å². The van der Waals surface area contributed by atoms with Crippen LogP contribution in [0.15, 0.2) is 121 Å². The van der Waals surface area contributed by atoms with Gasteiger partial charge < -0.3 is 9.13 Å². The highest BCUT2D eigenvalue weighted by Crippen LogP contribution is 2.45. The van der Waals surface area contributed by atoms with E-state index in [0.29, 0.717) is 11.3 Å². The molecule has 0 saturated carbocycles. The summed E-state index contributed by atoms with van der Waals surface area (Å²) in [6.45, 7) is 7.76. The number of aromatic nitrogens is 2. The number of hydrogen-bond donors (Lipinski definition) is 0. The zero-order valence-electron chi connectivity index (χ0n) is 22.7. The fourth-order valence-electron chi connectivity index (χ4n) is 6.77. The Morgan fingerprint density at radius 3 is 2.07 bits per heavy atom. The van der Waals surface area contributed by atoms with E-state index in [1.807, 2.05) is 24.3 Å². The summed E-state index contributed by atoms with van der Waals surface area (Å²) in [4.78, 5) is 3.83. The molecule has 0 atom stereocenters. The molecule has 3 aromatic heterocycles. The van der Waals surface area contributed by atoms with Crippen LogP contribution in [0, 0.1) is 17.9 Å². The van der Waals surface area contributed by atoms with Crippen LogP contribution in [-0.2, 0) is 0 Å². The second kappa shape index (κ2) is 8.81. The summed E-state index contributed by atoms with van der Waals surface area (Å²) in [6.07, 6.45) is 0. The SMILES string of the molecule is [C-]#[N+]c1cccc2c1sc1ccc3c4ccccc4n(-c4cccc(-n5c6ccccc6c6cc(C#N)ccc65)c4)c3c12. The van der Waals surface area contributed by atoms with Crippen molar-refractivity contribution in [2.75, 3.05) is 0 Å². The van der Waals surface area contributed by atoms with Crippen LogP contribution in [0.5, 0.6) is 0 Å². The van der Waals surface area contributed by atoms with E-state index >= 15 is 0 Å². The van der Waals surface area contributed by atoms with Gasteiger partial charge >= 0.3 is 0 Å². The Morgan fingerprint density at radius 1 is 0.605 bits per heavy atom. The van der Waals surface area contributed by atoms with Crippen LogP contribution in [0.25, 0.3) is 80.0 Å². The maximum absolute atomic E-state index is 9.59. The Kier molecular flexibility index (Phi) is 4.87. The lowest BCUT2D eigenvalue weighted by Crippen LogP contribution is -1.98. The molecule has 0 spiro atoms. The first kappa shape index (κ1) is 23.8. The smallest absolute Gasteiger partial charge is 0.204 e. The molecule has 198 valence electrons. The van der Waals surface area contributed by atoms with Crippen LogP contribution in [0.2, 0.25) is 0 Å². The van der Waals surface area contributed by atoms with Crippen LogP contribution in [0.1, 0.15) is 5.56 Å². The molecule has 0 unspecified atom stereocenters. The van der Waals surface area contributed by atoms with Gasteiger partial charge in [0.15, 0.2) is 0 Å². The highest BCUT2D eigenvalue weighted by atomic mass is 32.1. The zero-order chi connectivity index (χ0) is 28.7. The van der Waals surface area contributed by atoms with Gasteiger partial charge in [-0.2, -0.15) is 5.26 Å². The topological polar surface area (TPSA) is 38.0 Å². The number of nitriles is 1. The fourth-order valence-corrected chi connectivity index (χ4v) is 7.93. The normalized spacial score (nSPS) is 11.7. The Hall–Kier alpha value is -5.88. The van der Waals surface area contributed by atoms with Gasteiger partial charge in [-0.1, -0.05) is 66.7 Å². The van der Waals surface area contributed by atoms with E-state index in [0.717, 1.165) is 54.3 Å². The van der Waals surface area contributed by atoms with Crippen molar-refractivity contribution in [1.82, 2.24) is 9.13 Å². The summed E-state index contributed by atoms with van der Waals surface area (Å²) >= 11 is 1.69. The first-order valence-electron chi connectivity index (χ1n) is 14.0. The number of nitrogens with zero attached hydrogens (tertiary/aromatic N) is 4. The molecule has 0 fully saturated rings. The molecule has 0 saturated heterocycles. The third kappa shape index (κ3) is 3.23. The van der Waals surface area contributed by atoms with Crippen LogP contribution >= 0.6 is 11.3 Å². The Labute approximate surface area is 250 Å². The fraction of sp³-hybridized carbons (Fsp3) is 0. The first-order chi connectivity index (χ1) is 21.2. The maximum Gasteiger partial charge on any atom is 0.204 e. The van der Waals surface area contributed by atoms with E-state index in [9.17, 15) is 5.26 Å². The second-order valence-electron chi connectivity index (χ2n) is 10.8. The second-order valence-corrected chi connectivity index (χ2v) is 11.8. The summed E-state index contributed by atoms with van der Waals surface area (Å²) in [5, 5.41) is 16.5. The lowest BCUT2D eigenvalue weighted by molar-refractivity contribution is 1.14. The Balaban J connectivity index is 1.40. The average molecular weight is 565 g/mol. The van der Waals surface area contributed by atoms with E-state index in [4.69, 9.17) is 6.57 Å². The number of hydrogen-bond acceptors (Lipinski definition) is 2. The van der Waals surface area contributed by atoms with Crippen molar-refractivity contribution in [3.63, 3.8) is 0 Å². The number of rotatable bonds is 2. The van der Waals surface area contributed by atoms with Crippen molar-refractivity contribution in [3.05, 3.63) is 138 Å². The molecule has 0 bridgehead atoms. The summed E-state index contributed by atoms with van der Waals surface area (Å²) in [7, 11) is 0. The van der Waals surface area contributed by atoms with Gasteiger partial charge in [0.25, 0.3) is 0 Å². The molecule has 43 heavy (non-hydrogen) atoms. The van der Waals surface area contributed by atoms with Gasteiger partial charge in [-0.3, -0.25) is 0 Å². The summed E-state index contributed by atoms with van der Waals surface area (Å²) in [5.74, 6) is 0. The summed E-state index contributed by atoms with van der Waals surface area (Å²) < 4.78 is 6.89. The van der Waals surface area contributed by atoms with E-state index in [1.165, 1.54) is 20.9 Å². The van der Waals surface area contributed by atoms with Gasteiger partial charge in [-0.05, 0) is 60.0 Å². The molecule has 0 N–H and O–H groups in total. The minimum Gasteiger partial charge on any atom is -0.309 e. The van der Waals surface area contributed by atoms with Crippen molar-refractivity contribution in [3.8, 4) is 17.4 Å². The monoisotopic (exact) mass is 564 g/mol. The van der Waals surface area contributed by atoms with Gasteiger partial charge in [0.1, 0.15) is 0 Å². The third-order valence-electron chi connectivity index (χ3n) is 8.54. The van der Waals surface area contributed by atoms with E-state index < -0.39 is 0 Å². The van der Waals surface area contributed by atoms with Gasteiger partial charge in [-0.25, -0.2) is 4.85 Å². The van der Waals surface area contributed by atoms with Crippen LogP contribution < -0.4 is 0 Å². The van der Waals surface area contributed by atoms with Crippen molar-refractivity contribution in [2.45, 2.75) is 0 Å². The van der Waals surface area contributed by atoms with E-state index in [2.05, 4.69) is 117 Å². The summed E-state index contributed by atoms with van der Waals surface area (Å²) in [5.41, 5.74) is 7.94. The molecule has 3 heterocycles.